The fourth-order valence-corrected chi connectivity index (χ4v) is 6.89. The van der Waals surface area contributed by atoms with Crippen molar-refractivity contribution in [2.24, 2.45) is 5.92 Å². The molecular weight excluding hydrogens is 695 g/mol. The number of rotatable bonds is 8. The van der Waals surface area contributed by atoms with Crippen molar-refractivity contribution in [2.75, 3.05) is 10.9 Å². The number of thiazole rings is 1. The van der Waals surface area contributed by atoms with Crippen LogP contribution in [0.5, 0.6) is 5.75 Å². The van der Waals surface area contributed by atoms with Crippen molar-refractivity contribution in [1.29, 1.82) is 0 Å². The Balaban J connectivity index is 1.66. The molecule has 0 spiro atoms. The highest BCUT2D eigenvalue weighted by Crippen LogP contribution is 2.36. The summed E-state index contributed by atoms with van der Waals surface area (Å²) in [5.41, 5.74) is 0.313. The van der Waals surface area contributed by atoms with Gasteiger partial charge in [-0.1, -0.05) is 23.7 Å². The lowest BCUT2D eigenvalue weighted by atomic mass is 9.80. The lowest BCUT2D eigenvalue weighted by Crippen LogP contribution is -2.46. The summed E-state index contributed by atoms with van der Waals surface area (Å²) in [7, 11) is -5.08. The number of nitrogens with one attached hydrogen (secondary N) is 1. The number of carbonyl (C=O) groups excluding carboxylic acids is 2. The summed E-state index contributed by atoms with van der Waals surface area (Å²) in [6, 6.07) is 4.48. The molecule has 0 aliphatic heterocycles. The molecule has 260 valence electrons. The molecule has 2 atom stereocenters. The van der Waals surface area contributed by atoms with Crippen LogP contribution in [-0.2, 0) is 19.5 Å². The summed E-state index contributed by atoms with van der Waals surface area (Å²) in [5, 5.41) is 3.93. The van der Waals surface area contributed by atoms with Crippen LogP contribution < -0.4 is 14.4 Å². The first-order chi connectivity index (χ1) is 22.3. The molecule has 0 fully saturated rings. The Labute approximate surface area is 285 Å². The van der Waals surface area contributed by atoms with E-state index in [1.165, 1.54) is 43.8 Å². The third-order valence-corrected chi connectivity index (χ3v) is 9.36. The lowest BCUT2D eigenvalue weighted by molar-refractivity contribution is 0.0480. The minimum Gasteiger partial charge on any atom is -0.490 e. The third kappa shape index (κ3) is 8.99. The van der Waals surface area contributed by atoms with Crippen molar-refractivity contribution in [1.82, 2.24) is 10.3 Å². The van der Waals surface area contributed by atoms with Crippen molar-refractivity contribution in [3.63, 3.8) is 0 Å². The number of hydrogen-bond donors (Lipinski definition) is 1. The SMILES string of the molecule is CC(C)(C)OC(=O)N[C@@H]1CCC=C(c2ccc(Cl)c(F)c2)C1COc1cc(F)c(S(=O)(=O)N(C(=O)OC(C)(C)C)c2cscn2)cc1F. The predicted octanol–water partition coefficient (Wildman–Crippen LogP) is 8.11. The topological polar surface area (TPSA) is 124 Å². The second-order valence-corrected chi connectivity index (χ2v) is 15.7. The minimum absolute atomic E-state index is 0.0982. The second-order valence-electron chi connectivity index (χ2n) is 12.8. The van der Waals surface area contributed by atoms with Crippen molar-refractivity contribution in [3.8, 4) is 5.75 Å². The molecular formula is C32H35ClF3N3O7S2. The first-order valence-corrected chi connectivity index (χ1v) is 17.5. The number of halogens is 4. The number of nitrogens with zero attached hydrogens (tertiary/aromatic N) is 2. The maximum absolute atomic E-state index is 15.6. The number of ether oxygens (including phenoxy) is 3. The number of benzene rings is 2. The molecule has 2 amide bonds. The van der Waals surface area contributed by atoms with Crippen molar-refractivity contribution in [3.05, 3.63) is 75.3 Å². The number of sulfonamides is 1. The normalized spacial score (nSPS) is 16.9. The zero-order valence-electron chi connectivity index (χ0n) is 27.0. The van der Waals surface area contributed by atoms with Crippen LogP contribution in [0.2, 0.25) is 5.02 Å². The van der Waals surface area contributed by atoms with E-state index in [9.17, 15) is 22.4 Å². The minimum atomic E-state index is -5.08. The van der Waals surface area contributed by atoms with Gasteiger partial charge in [0.1, 0.15) is 27.7 Å². The molecule has 2 aromatic carbocycles. The molecule has 1 aromatic heterocycles. The van der Waals surface area contributed by atoms with Gasteiger partial charge in [-0.25, -0.2) is 36.2 Å². The van der Waals surface area contributed by atoms with Crippen LogP contribution in [0.25, 0.3) is 5.57 Å². The maximum Gasteiger partial charge on any atom is 0.430 e. The molecule has 3 aromatic rings. The molecule has 0 saturated heterocycles. The molecule has 4 rings (SSSR count). The van der Waals surface area contributed by atoms with Gasteiger partial charge in [0, 0.05) is 29.5 Å². The Bertz CT molecular complexity index is 1810. The fourth-order valence-electron chi connectivity index (χ4n) is 4.85. The van der Waals surface area contributed by atoms with Gasteiger partial charge < -0.3 is 19.5 Å². The first-order valence-electron chi connectivity index (χ1n) is 14.7. The average Bonchev–Trinajstić information content (AvgIpc) is 3.47. The molecule has 1 unspecified atom stereocenters. The number of aromatic nitrogens is 1. The highest BCUT2D eigenvalue weighted by Gasteiger charge is 2.39. The first kappa shape index (κ1) is 37.0. The van der Waals surface area contributed by atoms with Gasteiger partial charge in [0.2, 0.25) is 0 Å². The molecule has 1 heterocycles. The molecule has 1 aliphatic carbocycles. The standard InChI is InChI=1S/C32H35ClF3N3O7S2/c1-31(2,3)45-29(40)38-25-9-7-8-19(18-10-11-21(33)22(34)12-18)20(25)15-44-26-13-24(36)27(14-23(26)35)48(42,43)39(28-16-47-17-37-28)30(41)46-32(4,5)6/h8,10-14,16-17,20,25H,7,9,15H2,1-6H3,(H,38,40)/t20?,25-/m1/s1. The van der Waals surface area contributed by atoms with Crippen molar-refractivity contribution >= 4 is 56.5 Å². The van der Waals surface area contributed by atoms with E-state index in [0.717, 1.165) is 11.3 Å². The smallest absolute Gasteiger partial charge is 0.430 e. The van der Waals surface area contributed by atoms with E-state index in [4.69, 9.17) is 25.8 Å². The second kappa shape index (κ2) is 14.3. The van der Waals surface area contributed by atoms with Crippen LogP contribution in [-0.4, -0.2) is 49.4 Å². The largest absolute Gasteiger partial charge is 0.490 e. The molecule has 16 heteroatoms. The van der Waals surface area contributed by atoms with E-state index in [-0.39, 0.29) is 21.8 Å². The Morgan fingerprint density at radius 2 is 1.71 bits per heavy atom. The van der Waals surface area contributed by atoms with Crippen molar-refractivity contribution < 1.29 is 45.4 Å². The number of anilines is 1. The van der Waals surface area contributed by atoms with Crippen LogP contribution in [0.3, 0.4) is 0 Å². The summed E-state index contributed by atoms with van der Waals surface area (Å²) in [6.45, 7) is 9.26. The molecule has 0 bridgehead atoms. The number of carbonyl (C=O) groups is 2. The summed E-state index contributed by atoms with van der Waals surface area (Å²) in [5.74, 6) is -5.09. The fraction of sp³-hybridized carbons (Fsp3) is 0.406. The Morgan fingerprint density at radius 3 is 2.31 bits per heavy atom. The molecule has 48 heavy (non-hydrogen) atoms. The monoisotopic (exact) mass is 729 g/mol. The lowest BCUT2D eigenvalue weighted by Gasteiger charge is -2.34. The van der Waals surface area contributed by atoms with Gasteiger partial charge in [-0.15, -0.1) is 15.6 Å². The molecule has 0 radical (unpaired) electrons. The van der Waals surface area contributed by atoms with Crippen LogP contribution in [0.15, 0.2) is 52.2 Å². The Kier molecular flexibility index (Phi) is 11.1. The van der Waals surface area contributed by atoms with Crippen molar-refractivity contribution in [2.45, 2.75) is 76.5 Å². The highest BCUT2D eigenvalue weighted by molar-refractivity contribution is 7.93. The Morgan fingerprint density at radius 1 is 1.02 bits per heavy atom. The predicted molar refractivity (Wildman–Crippen MR) is 175 cm³/mol. The molecule has 0 saturated carbocycles. The zero-order valence-corrected chi connectivity index (χ0v) is 29.4. The van der Waals surface area contributed by atoms with Gasteiger partial charge in [0.25, 0.3) is 10.0 Å². The summed E-state index contributed by atoms with van der Waals surface area (Å²) >= 11 is 6.85. The maximum atomic E-state index is 15.6. The van der Waals surface area contributed by atoms with E-state index in [1.807, 2.05) is 6.08 Å². The van der Waals surface area contributed by atoms with Crippen LogP contribution >= 0.6 is 22.9 Å². The van der Waals surface area contributed by atoms with Gasteiger partial charge in [0.05, 0.1) is 17.1 Å². The number of amides is 2. The molecule has 10 nitrogen and oxygen atoms in total. The van der Waals surface area contributed by atoms with Gasteiger partial charge >= 0.3 is 12.2 Å². The summed E-state index contributed by atoms with van der Waals surface area (Å²) in [4.78, 5) is 28.4. The third-order valence-electron chi connectivity index (χ3n) is 6.79. The summed E-state index contributed by atoms with van der Waals surface area (Å²) < 4.78 is 89.2. The molecule has 1 aliphatic rings. The van der Waals surface area contributed by atoms with E-state index < -0.39 is 73.5 Å². The number of allylic oxidation sites excluding steroid dienone is 1. The van der Waals surface area contributed by atoms with Crippen LogP contribution in [0, 0.1) is 23.4 Å². The van der Waals surface area contributed by atoms with E-state index >= 15 is 8.78 Å². The van der Waals surface area contributed by atoms with Crippen LogP contribution in [0.1, 0.15) is 59.9 Å². The number of hydrogen-bond acceptors (Lipinski definition) is 9. The Hall–Kier alpha value is -3.82. The highest BCUT2D eigenvalue weighted by atomic mass is 35.5. The van der Waals surface area contributed by atoms with Gasteiger partial charge in [-0.3, -0.25) is 0 Å². The van der Waals surface area contributed by atoms with Gasteiger partial charge in [-0.05, 0) is 77.7 Å². The van der Waals surface area contributed by atoms with Gasteiger partial charge in [-0.2, -0.15) is 0 Å². The van der Waals surface area contributed by atoms with Crippen LogP contribution in [0.4, 0.5) is 28.6 Å². The average molecular weight is 730 g/mol. The zero-order chi connectivity index (χ0) is 35.6. The summed E-state index contributed by atoms with van der Waals surface area (Å²) in [6.07, 6.45) is 0.632. The van der Waals surface area contributed by atoms with E-state index in [2.05, 4.69) is 10.3 Å². The van der Waals surface area contributed by atoms with Gasteiger partial charge in [0.15, 0.2) is 17.4 Å². The molecule has 1 N–H and O–H groups in total. The quantitative estimate of drug-likeness (QED) is 0.247. The van der Waals surface area contributed by atoms with E-state index in [1.54, 1.807) is 26.8 Å². The van der Waals surface area contributed by atoms with E-state index in [0.29, 0.717) is 36.1 Å². The number of alkyl carbamates (subject to hydrolysis) is 1.